The van der Waals surface area contributed by atoms with Gasteiger partial charge in [0, 0.05) is 32.8 Å². The second-order valence-electron chi connectivity index (χ2n) is 5.43. The summed E-state index contributed by atoms with van der Waals surface area (Å²) in [6.07, 6.45) is 1.20. The lowest BCUT2D eigenvalue weighted by Crippen LogP contribution is -2.43. The Labute approximate surface area is 102 Å². The molecule has 16 heavy (non-hydrogen) atoms. The minimum Gasteiger partial charge on any atom is -0.383 e. The van der Waals surface area contributed by atoms with Gasteiger partial charge in [-0.15, -0.1) is 0 Å². The average Bonchev–Trinajstić information content (AvgIpc) is 2.23. The second-order valence-corrected chi connectivity index (χ2v) is 5.43. The van der Waals surface area contributed by atoms with E-state index in [1.165, 1.54) is 6.42 Å². The van der Waals surface area contributed by atoms with Crippen LogP contribution in [-0.2, 0) is 4.74 Å². The molecular weight excluding hydrogens is 200 g/mol. The fraction of sp³-hybridized carbons (Fsp3) is 1.00. The molecule has 0 aromatic carbocycles. The number of nitrogens with one attached hydrogen (secondary N) is 1. The zero-order chi connectivity index (χ0) is 12.6. The Bertz CT molecular complexity index is 173. The molecule has 3 nitrogen and oxygen atoms in total. The third-order valence-corrected chi connectivity index (χ3v) is 3.12. The molecule has 0 aliphatic rings. The van der Waals surface area contributed by atoms with E-state index in [1.54, 1.807) is 7.11 Å². The van der Waals surface area contributed by atoms with E-state index in [0.29, 0.717) is 11.5 Å². The zero-order valence-electron chi connectivity index (χ0n) is 12.0. The van der Waals surface area contributed by atoms with E-state index in [-0.39, 0.29) is 0 Å². The van der Waals surface area contributed by atoms with Gasteiger partial charge in [-0.1, -0.05) is 27.7 Å². The van der Waals surface area contributed by atoms with Gasteiger partial charge in [0.15, 0.2) is 0 Å². The molecule has 0 bridgehead atoms. The first-order valence-corrected chi connectivity index (χ1v) is 6.34. The molecule has 0 rings (SSSR count). The van der Waals surface area contributed by atoms with Gasteiger partial charge in [0.25, 0.3) is 0 Å². The molecule has 0 aromatic rings. The summed E-state index contributed by atoms with van der Waals surface area (Å²) in [7, 11) is 3.93. The number of methoxy groups -OCH3 is 1. The van der Waals surface area contributed by atoms with Crippen molar-refractivity contribution in [3.63, 3.8) is 0 Å². The molecule has 3 heteroatoms. The summed E-state index contributed by atoms with van der Waals surface area (Å²) in [6.45, 7) is 13.0. The van der Waals surface area contributed by atoms with Crippen LogP contribution in [0.25, 0.3) is 0 Å². The van der Waals surface area contributed by atoms with E-state index >= 15 is 0 Å². The van der Waals surface area contributed by atoms with Crippen molar-refractivity contribution in [3.05, 3.63) is 0 Å². The fourth-order valence-corrected chi connectivity index (χ4v) is 1.72. The highest BCUT2D eigenvalue weighted by Crippen LogP contribution is 2.21. The van der Waals surface area contributed by atoms with Gasteiger partial charge >= 0.3 is 0 Å². The van der Waals surface area contributed by atoms with Crippen molar-refractivity contribution in [1.82, 2.24) is 10.2 Å². The van der Waals surface area contributed by atoms with Crippen LogP contribution in [0.1, 0.15) is 34.1 Å². The van der Waals surface area contributed by atoms with Gasteiger partial charge in [0.2, 0.25) is 0 Å². The van der Waals surface area contributed by atoms with Crippen LogP contribution in [0.5, 0.6) is 0 Å². The lowest BCUT2D eigenvalue weighted by Gasteiger charge is -2.34. The molecule has 0 aliphatic carbocycles. The number of rotatable bonds is 9. The Morgan fingerprint density at radius 3 is 2.44 bits per heavy atom. The summed E-state index contributed by atoms with van der Waals surface area (Å²) in [4.78, 5) is 2.36. The Morgan fingerprint density at radius 2 is 2.00 bits per heavy atom. The zero-order valence-corrected chi connectivity index (χ0v) is 12.0. The molecule has 0 saturated heterocycles. The number of hydrogen-bond acceptors (Lipinski definition) is 3. The summed E-state index contributed by atoms with van der Waals surface area (Å²) in [5, 5.41) is 3.54. The SMILES string of the molecule is CCC(C)(CNC(C)C)CN(C)CCOC. The van der Waals surface area contributed by atoms with Gasteiger partial charge < -0.3 is 15.0 Å². The summed E-state index contributed by atoms with van der Waals surface area (Å²) in [5.74, 6) is 0. The summed E-state index contributed by atoms with van der Waals surface area (Å²) in [6, 6.07) is 0.565. The number of hydrogen-bond donors (Lipinski definition) is 1. The topological polar surface area (TPSA) is 24.5 Å². The maximum absolute atomic E-state index is 5.10. The van der Waals surface area contributed by atoms with Gasteiger partial charge in [0.05, 0.1) is 6.61 Å². The van der Waals surface area contributed by atoms with Crippen molar-refractivity contribution < 1.29 is 4.74 Å². The molecule has 0 fully saturated rings. The molecule has 1 atom stereocenters. The van der Waals surface area contributed by atoms with E-state index in [0.717, 1.165) is 26.2 Å². The molecule has 98 valence electrons. The standard InChI is InChI=1S/C13H30N2O/c1-7-13(4,10-14-12(2)3)11-15(5)8-9-16-6/h12,14H,7-11H2,1-6H3. The Hall–Kier alpha value is -0.120. The van der Waals surface area contributed by atoms with Gasteiger partial charge in [-0.25, -0.2) is 0 Å². The molecule has 0 spiro atoms. The highest BCUT2D eigenvalue weighted by molar-refractivity contribution is 4.79. The van der Waals surface area contributed by atoms with Crippen LogP contribution in [0.3, 0.4) is 0 Å². The molecular formula is C13H30N2O. The van der Waals surface area contributed by atoms with Gasteiger partial charge in [-0.3, -0.25) is 0 Å². The van der Waals surface area contributed by atoms with Crippen molar-refractivity contribution >= 4 is 0 Å². The van der Waals surface area contributed by atoms with E-state index in [1.807, 2.05) is 0 Å². The van der Waals surface area contributed by atoms with Crippen LogP contribution in [-0.4, -0.2) is 51.3 Å². The monoisotopic (exact) mass is 230 g/mol. The summed E-state index contributed by atoms with van der Waals surface area (Å²) >= 11 is 0. The van der Waals surface area contributed by atoms with Crippen LogP contribution in [0, 0.1) is 5.41 Å². The minimum atomic E-state index is 0.354. The van der Waals surface area contributed by atoms with E-state index in [9.17, 15) is 0 Å². The molecule has 0 amide bonds. The van der Waals surface area contributed by atoms with Crippen LogP contribution in [0.15, 0.2) is 0 Å². The van der Waals surface area contributed by atoms with Crippen molar-refractivity contribution in [2.45, 2.75) is 40.2 Å². The van der Waals surface area contributed by atoms with Crippen LogP contribution < -0.4 is 5.32 Å². The van der Waals surface area contributed by atoms with E-state index in [4.69, 9.17) is 4.74 Å². The maximum atomic E-state index is 5.10. The molecule has 0 radical (unpaired) electrons. The number of nitrogens with zero attached hydrogens (tertiary/aromatic N) is 1. The largest absolute Gasteiger partial charge is 0.383 e. The molecule has 1 N–H and O–H groups in total. The summed E-state index contributed by atoms with van der Waals surface area (Å²) in [5.41, 5.74) is 0.354. The second kappa shape index (κ2) is 8.04. The molecule has 0 aromatic heterocycles. The minimum absolute atomic E-state index is 0.354. The average molecular weight is 230 g/mol. The number of likely N-dealkylation sites (N-methyl/N-ethyl adjacent to an activating group) is 1. The van der Waals surface area contributed by atoms with Crippen molar-refractivity contribution in [2.75, 3.05) is 40.4 Å². The van der Waals surface area contributed by atoms with Gasteiger partial charge in [-0.05, 0) is 18.9 Å². The Morgan fingerprint density at radius 1 is 1.38 bits per heavy atom. The first-order valence-electron chi connectivity index (χ1n) is 6.34. The van der Waals surface area contributed by atoms with Crippen molar-refractivity contribution in [3.8, 4) is 0 Å². The third kappa shape index (κ3) is 7.20. The Balaban J connectivity index is 4.03. The van der Waals surface area contributed by atoms with Crippen LogP contribution >= 0.6 is 0 Å². The van der Waals surface area contributed by atoms with Crippen molar-refractivity contribution in [1.29, 1.82) is 0 Å². The van der Waals surface area contributed by atoms with Crippen LogP contribution in [0.4, 0.5) is 0 Å². The predicted molar refractivity (Wildman–Crippen MR) is 70.9 cm³/mol. The molecule has 1 unspecified atom stereocenters. The maximum Gasteiger partial charge on any atom is 0.0589 e. The Kier molecular flexibility index (Phi) is 7.98. The van der Waals surface area contributed by atoms with E-state index in [2.05, 4.69) is 45.0 Å². The first-order chi connectivity index (χ1) is 7.43. The van der Waals surface area contributed by atoms with E-state index < -0.39 is 0 Å². The number of ether oxygens (including phenoxy) is 1. The first kappa shape index (κ1) is 15.9. The smallest absolute Gasteiger partial charge is 0.0589 e. The lowest BCUT2D eigenvalue weighted by molar-refractivity contribution is 0.125. The summed E-state index contributed by atoms with van der Waals surface area (Å²) < 4.78 is 5.10. The lowest BCUT2D eigenvalue weighted by atomic mass is 9.86. The van der Waals surface area contributed by atoms with Crippen molar-refractivity contribution in [2.24, 2.45) is 5.41 Å². The van der Waals surface area contributed by atoms with Gasteiger partial charge in [0.1, 0.15) is 0 Å². The van der Waals surface area contributed by atoms with Gasteiger partial charge in [-0.2, -0.15) is 0 Å². The predicted octanol–water partition coefficient (Wildman–Crippen LogP) is 1.98. The fourth-order valence-electron chi connectivity index (χ4n) is 1.72. The highest BCUT2D eigenvalue weighted by Gasteiger charge is 2.23. The normalized spacial score (nSPS) is 15.8. The molecule has 0 saturated carbocycles. The van der Waals surface area contributed by atoms with Crippen LogP contribution in [0.2, 0.25) is 0 Å². The molecule has 0 heterocycles. The third-order valence-electron chi connectivity index (χ3n) is 3.12. The quantitative estimate of drug-likeness (QED) is 0.655. The highest BCUT2D eigenvalue weighted by atomic mass is 16.5. The molecule has 0 aliphatic heterocycles.